The Morgan fingerprint density at radius 1 is 1.35 bits per heavy atom. The van der Waals surface area contributed by atoms with Gasteiger partial charge in [-0.2, -0.15) is 0 Å². The molecule has 1 aliphatic heterocycles. The Morgan fingerprint density at radius 3 is 2.70 bits per heavy atom. The third-order valence-corrected chi connectivity index (χ3v) is 4.13. The molecule has 5 heteroatoms. The van der Waals surface area contributed by atoms with Gasteiger partial charge in [0, 0.05) is 32.2 Å². The van der Waals surface area contributed by atoms with E-state index in [1.54, 1.807) is 12.1 Å². The van der Waals surface area contributed by atoms with E-state index in [1.165, 1.54) is 6.07 Å². The second kappa shape index (κ2) is 8.87. The monoisotopic (exact) mass is 322 g/mol. The third kappa shape index (κ3) is 5.50. The molecule has 0 radical (unpaired) electrons. The minimum absolute atomic E-state index is 0.0315. The number of amides is 1. The van der Waals surface area contributed by atoms with E-state index in [4.69, 9.17) is 4.74 Å². The molecule has 1 fully saturated rings. The highest BCUT2D eigenvalue weighted by atomic mass is 19.1. The van der Waals surface area contributed by atoms with Crippen LogP contribution >= 0.6 is 0 Å². The normalized spacial score (nSPS) is 15.9. The number of nitrogens with one attached hydrogen (secondary N) is 1. The van der Waals surface area contributed by atoms with Gasteiger partial charge in [0.2, 0.25) is 5.91 Å². The molecule has 0 atom stereocenters. The minimum atomic E-state index is -0.194. The fourth-order valence-electron chi connectivity index (χ4n) is 2.84. The molecule has 1 aromatic carbocycles. The fraction of sp³-hybridized carbons (Fsp3) is 0.611. The van der Waals surface area contributed by atoms with Crippen LogP contribution in [0.25, 0.3) is 0 Å². The van der Waals surface area contributed by atoms with Gasteiger partial charge in [0.15, 0.2) is 0 Å². The van der Waals surface area contributed by atoms with Crippen LogP contribution in [0.15, 0.2) is 24.3 Å². The van der Waals surface area contributed by atoms with E-state index < -0.39 is 0 Å². The van der Waals surface area contributed by atoms with Crippen molar-refractivity contribution in [2.24, 2.45) is 5.92 Å². The average molecular weight is 322 g/mol. The summed E-state index contributed by atoms with van der Waals surface area (Å²) in [7, 11) is 0. The van der Waals surface area contributed by atoms with Gasteiger partial charge >= 0.3 is 0 Å². The van der Waals surface area contributed by atoms with Crippen molar-refractivity contribution in [2.75, 3.05) is 31.1 Å². The molecular formula is C18H27FN2O2. The first kappa shape index (κ1) is 17.7. The molecule has 128 valence electrons. The van der Waals surface area contributed by atoms with Crippen LogP contribution in [0.3, 0.4) is 0 Å². The van der Waals surface area contributed by atoms with E-state index in [9.17, 15) is 9.18 Å². The smallest absolute Gasteiger partial charge is 0.223 e. The van der Waals surface area contributed by atoms with Crippen LogP contribution in [-0.2, 0) is 9.53 Å². The van der Waals surface area contributed by atoms with Crippen molar-refractivity contribution >= 4 is 11.6 Å². The van der Waals surface area contributed by atoms with Crippen molar-refractivity contribution in [1.29, 1.82) is 0 Å². The predicted molar refractivity (Wildman–Crippen MR) is 90.1 cm³/mol. The van der Waals surface area contributed by atoms with Crippen LogP contribution in [-0.4, -0.2) is 38.3 Å². The maximum atomic E-state index is 13.8. The van der Waals surface area contributed by atoms with E-state index in [-0.39, 0.29) is 23.7 Å². The minimum Gasteiger partial charge on any atom is -0.379 e. The average Bonchev–Trinajstić information content (AvgIpc) is 2.55. The van der Waals surface area contributed by atoms with Crippen LogP contribution in [0.4, 0.5) is 10.1 Å². The zero-order valence-corrected chi connectivity index (χ0v) is 14.1. The number of carbonyl (C=O) groups is 1. The highest BCUT2D eigenvalue weighted by molar-refractivity contribution is 5.79. The number of benzene rings is 1. The molecule has 1 amide bonds. The van der Waals surface area contributed by atoms with Crippen LogP contribution in [0.2, 0.25) is 0 Å². The number of hydrogen-bond acceptors (Lipinski definition) is 3. The zero-order valence-electron chi connectivity index (χ0n) is 14.1. The number of anilines is 1. The van der Waals surface area contributed by atoms with Gasteiger partial charge in [-0.05, 0) is 45.2 Å². The van der Waals surface area contributed by atoms with Crippen LogP contribution < -0.4 is 10.2 Å². The molecular weight excluding hydrogens is 295 g/mol. The number of hydrogen-bond donors (Lipinski definition) is 1. The second-order valence-electron chi connectivity index (χ2n) is 6.28. The van der Waals surface area contributed by atoms with E-state index in [0.717, 1.165) is 32.4 Å². The lowest BCUT2D eigenvalue weighted by atomic mass is 9.95. The maximum absolute atomic E-state index is 13.8. The second-order valence-corrected chi connectivity index (χ2v) is 6.28. The number of nitrogens with zero attached hydrogens (tertiary/aromatic N) is 1. The largest absolute Gasteiger partial charge is 0.379 e. The Hall–Kier alpha value is -1.62. The standard InChI is InChI=1S/C18H27FN2O2/c1-14(2)23-13-5-10-20-18(22)15-8-11-21(12-9-15)17-7-4-3-6-16(17)19/h3-4,6-7,14-15H,5,8-13H2,1-2H3,(H,20,22). The summed E-state index contributed by atoms with van der Waals surface area (Å²) in [5.74, 6) is -0.0488. The first-order valence-electron chi connectivity index (χ1n) is 8.46. The van der Waals surface area contributed by atoms with E-state index >= 15 is 0 Å². The number of piperidine rings is 1. The third-order valence-electron chi connectivity index (χ3n) is 4.13. The Morgan fingerprint density at radius 2 is 2.04 bits per heavy atom. The number of rotatable bonds is 7. The van der Waals surface area contributed by atoms with Gasteiger partial charge in [-0.1, -0.05) is 12.1 Å². The van der Waals surface area contributed by atoms with Crippen molar-refractivity contribution in [2.45, 2.75) is 39.2 Å². The molecule has 1 saturated heterocycles. The Balaban J connectivity index is 1.70. The van der Waals surface area contributed by atoms with Gasteiger partial charge in [-0.15, -0.1) is 0 Å². The molecule has 1 aliphatic rings. The lowest BCUT2D eigenvalue weighted by molar-refractivity contribution is -0.125. The molecule has 23 heavy (non-hydrogen) atoms. The number of halogens is 1. The summed E-state index contributed by atoms with van der Waals surface area (Å²) < 4.78 is 19.2. The number of ether oxygens (including phenoxy) is 1. The molecule has 0 saturated carbocycles. The summed E-state index contributed by atoms with van der Waals surface area (Å²) in [6.07, 6.45) is 2.59. The summed E-state index contributed by atoms with van der Waals surface area (Å²) in [6.45, 7) is 6.76. The Labute approximate surface area is 138 Å². The van der Waals surface area contributed by atoms with E-state index in [0.29, 0.717) is 18.8 Å². The lowest BCUT2D eigenvalue weighted by Crippen LogP contribution is -2.41. The highest BCUT2D eigenvalue weighted by Gasteiger charge is 2.25. The van der Waals surface area contributed by atoms with E-state index in [2.05, 4.69) is 5.32 Å². The zero-order chi connectivity index (χ0) is 16.7. The molecule has 0 aliphatic carbocycles. The van der Waals surface area contributed by atoms with Crippen LogP contribution in [0.1, 0.15) is 33.1 Å². The summed E-state index contributed by atoms with van der Waals surface area (Å²) in [5, 5.41) is 2.98. The van der Waals surface area contributed by atoms with Gasteiger partial charge in [-0.25, -0.2) is 4.39 Å². The summed E-state index contributed by atoms with van der Waals surface area (Å²) in [6, 6.07) is 6.82. The van der Waals surface area contributed by atoms with Crippen molar-refractivity contribution in [3.8, 4) is 0 Å². The maximum Gasteiger partial charge on any atom is 0.223 e. The van der Waals surface area contributed by atoms with Gasteiger partial charge in [0.05, 0.1) is 11.8 Å². The molecule has 1 N–H and O–H groups in total. The molecule has 0 bridgehead atoms. The molecule has 2 rings (SSSR count). The SMILES string of the molecule is CC(C)OCCCNC(=O)C1CCN(c2ccccc2F)CC1. The van der Waals surface area contributed by atoms with Crippen molar-refractivity contribution in [1.82, 2.24) is 5.32 Å². The predicted octanol–water partition coefficient (Wildman–Crippen LogP) is 2.97. The molecule has 0 spiro atoms. The quantitative estimate of drug-likeness (QED) is 0.785. The van der Waals surface area contributed by atoms with Crippen LogP contribution in [0, 0.1) is 11.7 Å². The summed E-state index contributed by atoms with van der Waals surface area (Å²) in [5.41, 5.74) is 0.636. The molecule has 0 unspecified atom stereocenters. The van der Waals surface area contributed by atoms with Crippen molar-refractivity contribution in [3.63, 3.8) is 0 Å². The summed E-state index contributed by atoms with van der Waals surface area (Å²) >= 11 is 0. The first-order valence-corrected chi connectivity index (χ1v) is 8.46. The van der Waals surface area contributed by atoms with Crippen LogP contribution in [0.5, 0.6) is 0 Å². The molecule has 0 aromatic heterocycles. The number of carbonyl (C=O) groups excluding carboxylic acids is 1. The van der Waals surface area contributed by atoms with Gasteiger partial charge in [0.1, 0.15) is 5.82 Å². The molecule has 1 heterocycles. The molecule has 4 nitrogen and oxygen atoms in total. The first-order chi connectivity index (χ1) is 11.1. The van der Waals surface area contributed by atoms with Gasteiger partial charge in [0.25, 0.3) is 0 Å². The number of para-hydroxylation sites is 1. The summed E-state index contributed by atoms with van der Waals surface area (Å²) in [4.78, 5) is 14.2. The molecule has 1 aromatic rings. The van der Waals surface area contributed by atoms with E-state index in [1.807, 2.05) is 24.8 Å². The lowest BCUT2D eigenvalue weighted by Gasteiger charge is -2.33. The van der Waals surface area contributed by atoms with Gasteiger partial charge < -0.3 is 15.0 Å². The van der Waals surface area contributed by atoms with Crippen molar-refractivity contribution in [3.05, 3.63) is 30.1 Å². The highest BCUT2D eigenvalue weighted by Crippen LogP contribution is 2.25. The van der Waals surface area contributed by atoms with Gasteiger partial charge in [-0.3, -0.25) is 4.79 Å². The topological polar surface area (TPSA) is 41.6 Å². The fourth-order valence-corrected chi connectivity index (χ4v) is 2.84. The Bertz CT molecular complexity index is 500. The van der Waals surface area contributed by atoms with Crippen molar-refractivity contribution < 1.29 is 13.9 Å². The Kier molecular flexibility index (Phi) is 6.84.